The molecule has 1 saturated heterocycles. The lowest BCUT2D eigenvalue weighted by Crippen LogP contribution is -2.14. The molecule has 1 unspecified atom stereocenters. The van der Waals surface area contributed by atoms with E-state index in [1.54, 1.807) is 12.1 Å². The number of aromatic hydroxyl groups is 1. The van der Waals surface area contributed by atoms with E-state index < -0.39 is 0 Å². The second-order valence-electron chi connectivity index (χ2n) is 4.61. The lowest BCUT2D eigenvalue weighted by atomic mass is 10.0. The first kappa shape index (κ1) is 13.2. The number of hydrogen-bond donors (Lipinski definition) is 3. The molecule has 4 nitrogen and oxygen atoms in total. The molecule has 1 aliphatic rings. The summed E-state index contributed by atoms with van der Waals surface area (Å²) in [7, 11) is 0. The van der Waals surface area contributed by atoms with Crippen LogP contribution in [0.1, 0.15) is 19.3 Å². The normalized spacial score (nSPS) is 18.8. The summed E-state index contributed by atoms with van der Waals surface area (Å²) in [6.07, 6.45) is 2.58. The van der Waals surface area contributed by atoms with E-state index in [-0.39, 0.29) is 16.7 Å². The third-order valence-corrected chi connectivity index (χ3v) is 3.48. The van der Waals surface area contributed by atoms with Gasteiger partial charge in [-0.25, -0.2) is 0 Å². The van der Waals surface area contributed by atoms with E-state index in [9.17, 15) is 9.90 Å². The number of carbonyl (C=O) groups is 1. The van der Waals surface area contributed by atoms with Gasteiger partial charge in [0.1, 0.15) is 5.75 Å². The number of phenols is 1. The van der Waals surface area contributed by atoms with Crippen molar-refractivity contribution < 1.29 is 9.90 Å². The Labute approximate surface area is 111 Å². The summed E-state index contributed by atoms with van der Waals surface area (Å²) in [5.74, 6) is 0.620. The molecule has 0 aliphatic carbocycles. The number of benzene rings is 1. The Balaban J connectivity index is 1.80. The van der Waals surface area contributed by atoms with Gasteiger partial charge in [0.25, 0.3) is 0 Å². The number of rotatable bonds is 4. The Morgan fingerprint density at radius 3 is 3.06 bits per heavy atom. The van der Waals surface area contributed by atoms with Crippen LogP contribution in [0.15, 0.2) is 18.2 Å². The fourth-order valence-electron chi connectivity index (χ4n) is 2.10. The highest BCUT2D eigenvalue weighted by molar-refractivity contribution is 6.32. The first-order chi connectivity index (χ1) is 8.65. The smallest absolute Gasteiger partial charge is 0.224 e. The van der Waals surface area contributed by atoms with Gasteiger partial charge in [0, 0.05) is 12.1 Å². The van der Waals surface area contributed by atoms with Crippen molar-refractivity contribution in [2.75, 3.05) is 18.4 Å². The molecule has 1 amide bonds. The van der Waals surface area contributed by atoms with Gasteiger partial charge in [-0.1, -0.05) is 11.6 Å². The summed E-state index contributed by atoms with van der Waals surface area (Å²) >= 11 is 5.77. The highest BCUT2D eigenvalue weighted by Crippen LogP contribution is 2.26. The summed E-state index contributed by atoms with van der Waals surface area (Å²) in [5.41, 5.74) is 0.618. The highest BCUT2D eigenvalue weighted by Gasteiger charge is 2.15. The summed E-state index contributed by atoms with van der Waals surface area (Å²) in [5, 5.41) is 15.6. The standard InChI is InChI=1S/C13H17ClN2O2/c14-11-7-10(2-3-12(11)17)16-13(18)4-1-9-5-6-15-8-9/h2-3,7,9,15,17H,1,4-6,8H2,(H,16,18). The molecule has 0 radical (unpaired) electrons. The molecule has 0 saturated carbocycles. The number of halogens is 1. The predicted molar refractivity (Wildman–Crippen MR) is 72.0 cm³/mol. The lowest BCUT2D eigenvalue weighted by molar-refractivity contribution is -0.116. The molecule has 1 aromatic rings. The maximum atomic E-state index is 11.7. The minimum Gasteiger partial charge on any atom is -0.506 e. The minimum absolute atomic E-state index is 0.0105. The second-order valence-corrected chi connectivity index (χ2v) is 5.02. The Morgan fingerprint density at radius 2 is 2.39 bits per heavy atom. The topological polar surface area (TPSA) is 61.4 Å². The molecule has 5 heteroatoms. The number of nitrogens with one attached hydrogen (secondary N) is 2. The molecule has 1 heterocycles. The zero-order valence-electron chi connectivity index (χ0n) is 10.1. The Morgan fingerprint density at radius 1 is 1.56 bits per heavy atom. The van der Waals surface area contributed by atoms with Crippen LogP contribution in [0.2, 0.25) is 5.02 Å². The summed E-state index contributed by atoms with van der Waals surface area (Å²) < 4.78 is 0. The Hall–Kier alpha value is -1.26. The van der Waals surface area contributed by atoms with Crippen molar-refractivity contribution in [3.8, 4) is 5.75 Å². The molecule has 1 fully saturated rings. The fraction of sp³-hybridized carbons (Fsp3) is 0.462. The van der Waals surface area contributed by atoms with Crippen LogP contribution < -0.4 is 10.6 Å². The molecule has 98 valence electrons. The van der Waals surface area contributed by atoms with Crippen molar-refractivity contribution in [1.29, 1.82) is 0 Å². The van der Waals surface area contributed by atoms with Crippen molar-refractivity contribution in [2.45, 2.75) is 19.3 Å². The van der Waals surface area contributed by atoms with Gasteiger partial charge in [-0.05, 0) is 50.0 Å². The molecular formula is C13H17ClN2O2. The van der Waals surface area contributed by atoms with Gasteiger partial charge in [0.05, 0.1) is 5.02 Å². The summed E-state index contributed by atoms with van der Waals surface area (Å²) in [4.78, 5) is 11.7. The van der Waals surface area contributed by atoms with Crippen LogP contribution in [-0.2, 0) is 4.79 Å². The van der Waals surface area contributed by atoms with Crippen molar-refractivity contribution in [1.82, 2.24) is 5.32 Å². The molecule has 2 rings (SSSR count). The summed E-state index contributed by atoms with van der Waals surface area (Å²) in [6, 6.07) is 4.65. The quantitative estimate of drug-likeness (QED) is 0.735. The van der Waals surface area contributed by atoms with Crippen LogP contribution in [0.25, 0.3) is 0 Å². The van der Waals surface area contributed by atoms with E-state index in [2.05, 4.69) is 10.6 Å². The number of carbonyl (C=O) groups excluding carboxylic acids is 1. The van der Waals surface area contributed by atoms with Crippen LogP contribution in [0.4, 0.5) is 5.69 Å². The average molecular weight is 269 g/mol. The Bertz CT molecular complexity index is 431. The van der Waals surface area contributed by atoms with E-state index in [4.69, 9.17) is 11.6 Å². The SMILES string of the molecule is O=C(CCC1CCNC1)Nc1ccc(O)c(Cl)c1. The van der Waals surface area contributed by atoms with Crippen LogP contribution in [0.3, 0.4) is 0 Å². The maximum Gasteiger partial charge on any atom is 0.224 e. The van der Waals surface area contributed by atoms with Gasteiger partial charge < -0.3 is 15.7 Å². The first-order valence-electron chi connectivity index (χ1n) is 6.14. The van der Waals surface area contributed by atoms with Crippen molar-refractivity contribution in [3.63, 3.8) is 0 Å². The predicted octanol–water partition coefficient (Wildman–Crippen LogP) is 2.37. The zero-order chi connectivity index (χ0) is 13.0. The van der Waals surface area contributed by atoms with E-state index in [0.717, 1.165) is 25.9 Å². The van der Waals surface area contributed by atoms with Gasteiger partial charge in [-0.3, -0.25) is 4.79 Å². The van der Waals surface area contributed by atoms with Crippen molar-refractivity contribution in [3.05, 3.63) is 23.2 Å². The van der Waals surface area contributed by atoms with E-state index in [1.165, 1.54) is 6.07 Å². The summed E-state index contributed by atoms with van der Waals surface area (Å²) in [6.45, 7) is 2.07. The molecule has 3 N–H and O–H groups in total. The lowest BCUT2D eigenvalue weighted by Gasteiger charge is -2.09. The molecule has 0 aromatic heterocycles. The maximum absolute atomic E-state index is 11.7. The monoisotopic (exact) mass is 268 g/mol. The van der Waals surface area contributed by atoms with Gasteiger partial charge in [-0.2, -0.15) is 0 Å². The Kier molecular flexibility index (Phi) is 4.44. The van der Waals surface area contributed by atoms with Gasteiger partial charge in [0.2, 0.25) is 5.91 Å². The fourth-order valence-corrected chi connectivity index (χ4v) is 2.28. The number of phenolic OH excluding ortho intramolecular Hbond substituents is 1. The molecular weight excluding hydrogens is 252 g/mol. The van der Waals surface area contributed by atoms with E-state index in [1.807, 2.05) is 0 Å². The third kappa shape index (κ3) is 3.62. The molecule has 18 heavy (non-hydrogen) atoms. The van der Waals surface area contributed by atoms with Crippen LogP contribution in [-0.4, -0.2) is 24.1 Å². The van der Waals surface area contributed by atoms with Crippen LogP contribution in [0.5, 0.6) is 5.75 Å². The molecule has 0 spiro atoms. The second kappa shape index (κ2) is 6.07. The average Bonchev–Trinajstić information content (AvgIpc) is 2.84. The molecule has 0 bridgehead atoms. The number of amides is 1. The first-order valence-corrected chi connectivity index (χ1v) is 6.52. The third-order valence-electron chi connectivity index (χ3n) is 3.17. The van der Waals surface area contributed by atoms with E-state index >= 15 is 0 Å². The van der Waals surface area contributed by atoms with Crippen molar-refractivity contribution in [2.24, 2.45) is 5.92 Å². The molecule has 1 atom stereocenters. The van der Waals surface area contributed by atoms with Gasteiger partial charge >= 0.3 is 0 Å². The highest BCUT2D eigenvalue weighted by atomic mass is 35.5. The van der Waals surface area contributed by atoms with Crippen LogP contribution in [0, 0.1) is 5.92 Å². The zero-order valence-corrected chi connectivity index (χ0v) is 10.8. The molecule has 1 aromatic carbocycles. The minimum atomic E-state index is -0.0105. The van der Waals surface area contributed by atoms with Gasteiger partial charge in [-0.15, -0.1) is 0 Å². The molecule has 1 aliphatic heterocycles. The van der Waals surface area contributed by atoms with E-state index in [0.29, 0.717) is 18.0 Å². The largest absolute Gasteiger partial charge is 0.506 e. The number of hydrogen-bond acceptors (Lipinski definition) is 3. The van der Waals surface area contributed by atoms with Crippen LogP contribution >= 0.6 is 11.6 Å². The van der Waals surface area contributed by atoms with Crippen molar-refractivity contribution >= 4 is 23.2 Å². The van der Waals surface area contributed by atoms with Gasteiger partial charge in [0.15, 0.2) is 0 Å². The number of anilines is 1.